The summed E-state index contributed by atoms with van der Waals surface area (Å²) < 4.78 is 5.27. The quantitative estimate of drug-likeness (QED) is 0.867. The van der Waals surface area contributed by atoms with E-state index in [-0.39, 0.29) is 11.8 Å². The van der Waals surface area contributed by atoms with Gasteiger partial charge in [0.2, 0.25) is 11.8 Å². The monoisotopic (exact) mass is 302 g/mol. The number of nitrogens with one attached hydrogen (secondary N) is 1. The summed E-state index contributed by atoms with van der Waals surface area (Å²) in [5, 5.41) is 2.96. The molecular weight excluding hydrogens is 280 g/mol. The molecule has 0 unspecified atom stereocenters. The number of nitrogens with zero attached hydrogens (tertiary/aromatic N) is 1. The number of anilines is 1. The second-order valence-electron chi connectivity index (χ2n) is 6.19. The summed E-state index contributed by atoms with van der Waals surface area (Å²) in [5.41, 5.74) is 2.12. The van der Waals surface area contributed by atoms with Crippen molar-refractivity contribution in [1.29, 1.82) is 0 Å². The zero-order valence-electron chi connectivity index (χ0n) is 13.1. The van der Waals surface area contributed by atoms with Crippen molar-refractivity contribution in [3.05, 3.63) is 29.3 Å². The largest absolute Gasteiger partial charge is 0.378 e. The fourth-order valence-electron chi connectivity index (χ4n) is 2.86. The number of hydrogen-bond donors (Lipinski definition) is 1. The summed E-state index contributed by atoms with van der Waals surface area (Å²) in [6.07, 6.45) is 1.28. The van der Waals surface area contributed by atoms with Gasteiger partial charge < -0.3 is 15.0 Å². The average molecular weight is 302 g/mol. The molecule has 118 valence electrons. The molecule has 2 amide bonds. The molecule has 1 aliphatic heterocycles. The Balaban J connectivity index is 1.73. The van der Waals surface area contributed by atoms with Crippen LogP contribution in [-0.4, -0.2) is 43.0 Å². The number of amides is 2. The van der Waals surface area contributed by atoms with Crippen LogP contribution in [0.2, 0.25) is 0 Å². The number of hydrogen-bond acceptors (Lipinski definition) is 3. The van der Waals surface area contributed by atoms with E-state index in [1.807, 2.05) is 32.0 Å². The van der Waals surface area contributed by atoms with Crippen LogP contribution in [0, 0.1) is 19.3 Å². The first-order chi connectivity index (χ1) is 10.5. The van der Waals surface area contributed by atoms with Gasteiger partial charge in [0.25, 0.3) is 0 Å². The van der Waals surface area contributed by atoms with E-state index in [1.165, 1.54) is 0 Å². The Morgan fingerprint density at radius 2 is 1.86 bits per heavy atom. The van der Waals surface area contributed by atoms with E-state index >= 15 is 0 Å². The van der Waals surface area contributed by atoms with Gasteiger partial charge in [0, 0.05) is 18.8 Å². The Morgan fingerprint density at radius 1 is 1.18 bits per heavy atom. The van der Waals surface area contributed by atoms with E-state index in [2.05, 4.69) is 5.32 Å². The van der Waals surface area contributed by atoms with Crippen LogP contribution < -0.4 is 5.32 Å². The van der Waals surface area contributed by atoms with Crippen molar-refractivity contribution in [3.63, 3.8) is 0 Å². The first-order valence-electron chi connectivity index (χ1n) is 7.79. The van der Waals surface area contributed by atoms with Crippen LogP contribution in [0.5, 0.6) is 0 Å². The van der Waals surface area contributed by atoms with Crippen molar-refractivity contribution in [3.8, 4) is 0 Å². The molecule has 1 heterocycles. The lowest BCUT2D eigenvalue weighted by Gasteiger charge is -2.30. The normalized spacial score (nSPS) is 19.6. The first kappa shape index (κ1) is 15.0. The number of aryl methyl sites for hydroxylation is 1. The molecule has 2 fully saturated rings. The van der Waals surface area contributed by atoms with Crippen LogP contribution in [0.3, 0.4) is 0 Å². The van der Waals surface area contributed by atoms with E-state index in [0.29, 0.717) is 39.1 Å². The summed E-state index contributed by atoms with van der Waals surface area (Å²) >= 11 is 0. The van der Waals surface area contributed by atoms with Gasteiger partial charge in [-0.05, 0) is 43.9 Å². The average Bonchev–Trinajstić information content (AvgIpc) is 3.34. The first-order valence-corrected chi connectivity index (χ1v) is 7.79. The lowest BCUT2D eigenvalue weighted by atomic mass is 10.0. The minimum Gasteiger partial charge on any atom is -0.378 e. The Bertz CT molecular complexity index is 602. The Kier molecular flexibility index (Phi) is 3.91. The van der Waals surface area contributed by atoms with Crippen molar-refractivity contribution in [2.24, 2.45) is 5.41 Å². The SMILES string of the molecule is Cc1cccc(NC(=O)C2(C(=O)N3CCOCC3)CC2)c1C. The zero-order valence-corrected chi connectivity index (χ0v) is 13.1. The molecular formula is C17H22N2O3. The maximum Gasteiger partial charge on any atom is 0.240 e. The summed E-state index contributed by atoms with van der Waals surface area (Å²) in [6.45, 7) is 6.26. The van der Waals surface area contributed by atoms with E-state index in [1.54, 1.807) is 4.90 Å². The van der Waals surface area contributed by atoms with Crippen LogP contribution >= 0.6 is 0 Å². The molecule has 2 aliphatic rings. The van der Waals surface area contributed by atoms with E-state index in [4.69, 9.17) is 4.74 Å². The van der Waals surface area contributed by atoms with Gasteiger partial charge in [0.05, 0.1) is 13.2 Å². The number of carbonyl (C=O) groups excluding carboxylic acids is 2. The standard InChI is InChI=1S/C17H22N2O3/c1-12-4-3-5-14(13(12)2)18-15(20)17(6-7-17)16(21)19-8-10-22-11-9-19/h3-5H,6-11H2,1-2H3,(H,18,20). The molecule has 1 saturated heterocycles. The van der Waals surface area contributed by atoms with Gasteiger partial charge in [0.15, 0.2) is 0 Å². The van der Waals surface area contributed by atoms with Gasteiger partial charge in [-0.3, -0.25) is 9.59 Å². The molecule has 5 nitrogen and oxygen atoms in total. The minimum absolute atomic E-state index is 0.0430. The lowest BCUT2D eigenvalue weighted by Crippen LogP contribution is -2.47. The molecule has 3 rings (SSSR count). The summed E-state index contributed by atoms with van der Waals surface area (Å²) in [7, 11) is 0. The predicted octanol–water partition coefficient (Wildman–Crippen LogP) is 1.88. The van der Waals surface area contributed by atoms with Gasteiger partial charge >= 0.3 is 0 Å². The molecule has 5 heteroatoms. The highest BCUT2D eigenvalue weighted by molar-refractivity contribution is 6.13. The van der Waals surface area contributed by atoms with Crippen molar-refractivity contribution in [2.45, 2.75) is 26.7 Å². The van der Waals surface area contributed by atoms with Crippen molar-refractivity contribution in [2.75, 3.05) is 31.6 Å². The Hall–Kier alpha value is -1.88. The molecule has 0 radical (unpaired) electrons. The highest BCUT2D eigenvalue weighted by Crippen LogP contribution is 2.48. The third-order valence-electron chi connectivity index (χ3n) is 4.75. The van der Waals surface area contributed by atoms with Gasteiger partial charge in [-0.25, -0.2) is 0 Å². The van der Waals surface area contributed by atoms with E-state index in [0.717, 1.165) is 16.8 Å². The lowest BCUT2D eigenvalue weighted by molar-refractivity contribution is -0.145. The van der Waals surface area contributed by atoms with Crippen molar-refractivity contribution < 1.29 is 14.3 Å². The number of morpholine rings is 1. The Labute approximate surface area is 130 Å². The molecule has 0 bridgehead atoms. The fourth-order valence-corrected chi connectivity index (χ4v) is 2.86. The number of benzene rings is 1. The van der Waals surface area contributed by atoms with Gasteiger partial charge in [-0.2, -0.15) is 0 Å². The molecule has 1 aromatic rings. The maximum atomic E-state index is 12.7. The smallest absolute Gasteiger partial charge is 0.240 e. The topological polar surface area (TPSA) is 58.6 Å². The second kappa shape index (κ2) is 5.72. The third-order valence-corrected chi connectivity index (χ3v) is 4.75. The molecule has 0 atom stereocenters. The number of ether oxygens (including phenoxy) is 1. The Morgan fingerprint density at radius 3 is 2.50 bits per heavy atom. The van der Waals surface area contributed by atoms with Crippen LogP contribution in [0.4, 0.5) is 5.69 Å². The summed E-state index contributed by atoms with van der Waals surface area (Å²) in [5.74, 6) is -0.212. The molecule has 0 spiro atoms. The van der Waals surface area contributed by atoms with Gasteiger partial charge in [-0.15, -0.1) is 0 Å². The minimum atomic E-state index is -0.854. The molecule has 1 saturated carbocycles. The molecule has 0 aromatic heterocycles. The highest BCUT2D eigenvalue weighted by Gasteiger charge is 2.58. The number of rotatable bonds is 3. The zero-order chi connectivity index (χ0) is 15.7. The summed E-state index contributed by atoms with van der Waals surface area (Å²) in [4.78, 5) is 27.1. The molecule has 1 N–H and O–H groups in total. The molecule has 1 aliphatic carbocycles. The van der Waals surface area contributed by atoms with Gasteiger partial charge in [0.1, 0.15) is 5.41 Å². The molecule has 22 heavy (non-hydrogen) atoms. The van der Waals surface area contributed by atoms with E-state index in [9.17, 15) is 9.59 Å². The van der Waals surface area contributed by atoms with E-state index < -0.39 is 5.41 Å². The van der Waals surface area contributed by atoms with Crippen LogP contribution in [0.25, 0.3) is 0 Å². The second-order valence-corrected chi connectivity index (χ2v) is 6.19. The maximum absolute atomic E-state index is 12.7. The highest BCUT2D eigenvalue weighted by atomic mass is 16.5. The summed E-state index contributed by atoms with van der Waals surface area (Å²) in [6, 6.07) is 5.81. The van der Waals surface area contributed by atoms with Crippen molar-refractivity contribution >= 4 is 17.5 Å². The van der Waals surface area contributed by atoms with Crippen molar-refractivity contribution in [1.82, 2.24) is 4.90 Å². The van der Waals surface area contributed by atoms with Crippen LogP contribution in [-0.2, 0) is 14.3 Å². The molecule has 1 aromatic carbocycles. The van der Waals surface area contributed by atoms with Crippen LogP contribution in [0.1, 0.15) is 24.0 Å². The predicted molar refractivity (Wildman–Crippen MR) is 83.6 cm³/mol. The van der Waals surface area contributed by atoms with Gasteiger partial charge in [-0.1, -0.05) is 12.1 Å². The fraction of sp³-hybridized carbons (Fsp3) is 0.529. The van der Waals surface area contributed by atoms with Crippen LogP contribution in [0.15, 0.2) is 18.2 Å². The third kappa shape index (κ3) is 2.61. The number of carbonyl (C=O) groups is 2.